The molecule has 0 saturated carbocycles. The number of carbonyl (C=O) groups is 1. The molecule has 39 heavy (non-hydrogen) atoms. The van der Waals surface area contributed by atoms with E-state index in [2.05, 4.69) is 4.90 Å². The lowest BCUT2D eigenvalue weighted by molar-refractivity contribution is -0.132. The van der Waals surface area contributed by atoms with Gasteiger partial charge in [-0.2, -0.15) is 5.26 Å². The number of carboxylic acids is 1. The van der Waals surface area contributed by atoms with Crippen molar-refractivity contribution in [2.75, 3.05) is 31.3 Å². The summed E-state index contributed by atoms with van der Waals surface area (Å²) in [5.41, 5.74) is 2.99. The van der Waals surface area contributed by atoms with Crippen LogP contribution < -0.4 is 23.8 Å². The SMILES string of the molecule is N#C/C(=C\c1ccc(-c2ccc(N(c3ccc4c(c3)OCCO4)c3ccc4c(c3)OCCO4)cc2)o1)C(=O)O. The lowest BCUT2D eigenvalue weighted by Gasteiger charge is -2.28. The van der Waals surface area contributed by atoms with Crippen molar-refractivity contribution in [3.8, 4) is 40.4 Å². The molecule has 0 unspecified atom stereocenters. The minimum absolute atomic E-state index is 0.280. The summed E-state index contributed by atoms with van der Waals surface area (Å²) in [5, 5.41) is 18.1. The number of hydrogen-bond acceptors (Lipinski definition) is 8. The fraction of sp³-hybridized carbons (Fsp3) is 0.133. The van der Waals surface area contributed by atoms with Crippen LogP contribution >= 0.6 is 0 Å². The summed E-state index contributed by atoms with van der Waals surface area (Å²) in [5.74, 6) is 2.26. The Bertz CT molecular complexity index is 1560. The van der Waals surface area contributed by atoms with Crippen molar-refractivity contribution in [1.29, 1.82) is 5.26 Å². The zero-order chi connectivity index (χ0) is 26.8. The molecule has 0 fully saturated rings. The van der Waals surface area contributed by atoms with Crippen LogP contribution in [0.1, 0.15) is 5.76 Å². The van der Waals surface area contributed by atoms with Gasteiger partial charge in [0.05, 0.1) is 11.4 Å². The Morgan fingerprint density at radius 1 is 0.744 bits per heavy atom. The first kappa shape index (κ1) is 24.0. The second kappa shape index (κ2) is 10.2. The lowest BCUT2D eigenvalue weighted by Crippen LogP contribution is -2.17. The third-order valence-electron chi connectivity index (χ3n) is 6.24. The van der Waals surface area contributed by atoms with Gasteiger partial charge in [-0.05, 0) is 60.7 Å². The maximum Gasteiger partial charge on any atom is 0.346 e. The summed E-state index contributed by atoms with van der Waals surface area (Å²) in [4.78, 5) is 13.2. The molecule has 0 radical (unpaired) electrons. The molecule has 4 aromatic rings. The van der Waals surface area contributed by atoms with Gasteiger partial charge in [0, 0.05) is 29.5 Å². The van der Waals surface area contributed by atoms with Gasteiger partial charge in [0.2, 0.25) is 0 Å². The van der Waals surface area contributed by atoms with E-state index >= 15 is 0 Å². The maximum atomic E-state index is 11.1. The quantitative estimate of drug-likeness (QED) is 0.242. The second-order valence-electron chi connectivity index (χ2n) is 8.72. The van der Waals surface area contributed by atoms with Crippen molar-refractivity contribution < 1.29 is 33.3 Å². The highest BCUT2D eigenvalue weighted by atomic mass is 16.6. The van der Waals surface area contributed by atoms with E-state index in [0.29, 0.717) is 55.2 Å². The minimum atomic E-state index is -1.31. The van der Waals surface area contributed by atoms with Crippen LogP contribution in [-0.2, 0) is 4.79 Å². The normalized spacial score (nSPS) is 13.9. The lowest BCUT2D eigenvalue weighted by atomic mass is 10.1. The molecule has 3 heterocycles. The summed E-state index contributed by atoms with van der Waals surface area (Å²) in [7, 11) is 0. The fourth-order valence-corrected chi connectivity index (χ4v) is 4.43. The third-order valence-corrected chi connectivity index (χ3v) is 6.24. The Morgan fingerprint density at radius 3 is 1.82 bits per heavy atom. The van der Waals surface area contributed by atoms with E-state index in [4.69, 9.17) is 33.7 Å². The van der Waals surface area contributed by atoms with E-state index in [1.165, 1.54) is 6.08 Å². The topological polar surface area (TPSA) is 114 Å². The average molecular weight is 523 g/mol. The highest BCUT2D eigenvalue weighted by molar-refractivity contribution is 5.96. The number of benzene rings is 3. The molecule has 0 amide bonds. The van der Waals surface area contributed by atoms with Crippen molar-refractivity contribution in [2.24, 2.45) is 0 Å². The van der Waals surface area contributed by atoms with Crippen LogP contribution in [0.5, 0.6) is 23.0 Å². The van der Waals surface area contributed by atoms with Crippen molar-refractivity contribution in [2.45, 2.75) is 0 Å². The summed E-state index contributed by atoms with van der Waals surface area (Å²) in [6.07, 6.45) is 1.20. The number of carboxylic acid groups (broad SMARTS) is 1. The molecule has 0 aliphatic carbocycles. The number of fused-ring (bicyclic) bond motifs is 2. The van der Waals surface area contributed by atoms with Crippen LogP contribution in [-0.4, -0.2) is 37.5 Å². The van der Waals surface area contributed by atoms with E-state index in [1.807, 2.05) is 60.7 Å². The Hall–Kier alpha value is -5.36. The predicted molar refractivity (Wildman–Crippen MR) is 142 cm³/mol. The molecule has 0 atom stereocenters. The number of hydrogen-bond donors (Lipinski definition) is 1. The van der Waals surface area contributed by atoms with Crippen LogP contribution in [0.25, 0.3) is 17.4 Å². The molecular weight excluding hydrogens is 500 g/mol. The van der Waals surface area contributed by atoms with E-state index in [9.17, 15) is 4.79 Å². The van der Waals surface area contributed by atoms with E-state index in [-0.39, 0.29) is 5.76 Å². The number of nitriles is 1. The Morgan fingerprint density at radius 2 is 1.28 bits per heavy atom. The monoisotopic (exact) mass is 522 g/mol. The van der Waals surface area contributed by atoms with E-state index in [0.717, 1.165) is 22.6 Å². The first-order chi connectivity index (χ1) is 19.1. The Kier molecular flexibility index (Phi) is 6.27. The number of nitrogens with zero attached hydrogens (tertiary/aromatic N) is 2. The molecular formula is C30H22N2O7. The molecule has 9 nitrogen and oxygen atoms in total. The summed E-state index contributed by atoms with van der Waals surface area (Å²) in [6.45, 7) is 1.99. The highest BCUT2D eigenvalue weighted by Crippen LogP contribution is 2.43. The molecule has 2 aliphatic rings. The molecule has 6 rings (SSSR count). The summed E-state index contributed by atoms with van der Waals surface area (Å²) >= 11 is 0. The molecule has 194 valence electrons. The molecule has 3 aromatic carbocycles. The van der Waals surface area contributed by atoms with Crippen LogP contribution in [0.3, 0.4) is 0 Å². The Balaban J connectivity index is 1.37. The number of furan rings is 1. The largest absolute Gasteiger partial charge is 0.486 e. The van der Waals surface area contributed by atoms with Crippen molar-refractivity contribution in [3.05, 3.63) is 84.1 Å². The zero-order valence-electron chi connectivity index (χ0n) is 20.6. The van der Waals surface area contributed by atoms with E-state index in [1.54, 1.807) is 18.2 Å². The summed E-state index contributed by atoms with van der Waals surface area (Å²) in [6, 6.07) is 24.4. The number of anilines is 3. The van der Waals surface area contributed by atoms with Crippen molar-refractivity contribution >= 4 is 29.1 Å². The number of aliphatic carboxylic acids is 1. The minimum Gasteiger partial charge on any atom is -0.486 e. The molecule has 0 saturated heterocycles. The average Bonchev–Trinajstić information content (AvgIpc) is 3.45. The molecule has 2 aliphatic heterocycles. The van der Waals surface area contributed by atoms with Gasteiger partial charge in [-0.25, -0.2) is 4.79 Å². The first-order valence-corrected chi connectivity index (χ1v) is 12.2. The Labute approximate surface area is 223 Å². The van der Waals surface area contributed by atoms with Gasteiger partial charge in [0.15, 0.2) is 23.0 Å². The van der Waals surface area contributed by atoms with Gasteiger partial charge in [0.1, 0.15) is 49.6 Å². The van der Waals surface area contributed by atoms with Crippen LogP contribution in [0.4, 0.5) is 17.1 Å². The number of rotatable bonds is 6. The van der Waals surface area contributed by atoms with Crippen LogP contribution in [0, 0.1) is 11.3 Å². The number of ether oxygens (including phenoxy) is 4. The predicted octanol–water partition coefficient (Wildman–Crippen LogP) is 5.95. The van der Waals surface area contributed by atoms with Gasteiger partial charge < -0.3 is 33.4 Å². The summed E-state index contributed by atoms with van der Waals surface area (Å²) < 4.78 is 28.9. The second-order valence-corrected chi connectivity index (χ2v) is 8.72. The van der Waals surface area contributed by atoms with Gasteiger partial charge >= 0.3 is 5.97 Å². The zero-order valence-corrected chi connectivity index (χ0v) is 20.6. The standard InChI is InChI=1S/C30H22N2O7/c31-18-20(30(33)34)15-24-7-10-25(39-24)19-1-3-21(4-2-19)32(22-5-8-26-28(16-22)37-13-11-35-26)23-6-9-27-29(17-23)38-14-12-36-27/h1-10,15-17H,11-14H2,(H,33,34)/b20-15+. The highest BCUT2D eigenvalue weighted by Gasteiger charge is 2.21. The van der Waals surface area contributed by atoms with Crippen LogP contribution in [0.2, 0.25) is 0 Å². The molecule has 0 spiro atoms. The molecule has 1 aromatic heterocycles. The maximum absolute atomic E-state index is 11.1. The van der Waals surface area contributed by atoms with Gasteiger partial charge in [0.25, 0.3) is 0 Å². The molecule has 0 bridgehead atoms. The van der Waals surface area contributed by atoms with Gasteiger partial charge in [-0.1, -0.05) is 0 Å². The molecule has 1 N–H and O–H groups in total. The molecule has 9 heteroatoms. The van der Waals surface area contributed by atoms with Crippen LogP contribution in [0.15, 0.2) is 82.8 Å². The van der Waals surface area contributed by atoms with Crippen molar-refractivity contribution in [1.82, 2.24) is 0 Å². The first-order valence-electron chi connectivity index (χ1n) is 12.2. The smallest absolute Gasteiger partial charge is 0.346 e. The van der Waals surface area contributed by atoms with Crippen molar-refractivity contribution in [3.63, 3.8) is 0 Å². The fourth-order valence-electron chi connectivity index (χ4n) is 4.43. The van der Waals surface area contributed by atoms with E-state index < -0.39 is 11.5 Å². The third kappa shape index (κ3) is 4.83. The van der Waals surface area contributed by atoms with Gasteiger partial charge in [-0.3, -0.25) is 0 Å². The van der Waals surface area contributed by atoms with Gasteiger partial charge in [-0.15, -0.1) is 0 Å².